The van der Waals surface area contributed by atoms with Gasteiger partial charge in [-0.25, -0.2) is 0 Å². The first-order valence-electron chi connectivity index (χ1n) is 12.5. The highest BCUT2D eigenvalue weighted by molar-refractivity contribution is 6.31. The molecule has 3 fully saturated rings. The van der Waals surface area contributed by atoms with Crippen LogP contribution in [0.5, 0.6) is 0 Å². The Morgan fingerprint density at radius 2 is 1.95 bits per heavy atom. The van der Waals surface area contributed by atoms with Gasteiger partial charge in [-0.3, -0.25) is 23.9 Å². The predicted octanol–water partition coefficient (Wildman–Crippen LogP) is 2.12. The lowest BCUT2D eigenvalue weighted by molar-refractivity contribution is -0.321. The molecular weight excluding hydrogens is 531 g/mol. The number of alkyl halides is 3. The number of hydrogen-bond acceptors (Lipinski definition) is 6. The summed E-state index contributed by atoms with van der Waals surface area (Å²) >= 11 is 6.15. The van der Waals surface area contributed by atoms with Crippen molar-refractivity contribution >= 4 is 35.1 Å². The van der Waals surface area contributed by atoms with E-state index >= 15 is 0 Å². The van der Waals surface area contributed by atoms with Gasteiger partial charge in [0, 0.05) is 29.6 Å². The van der Waals surface area contributed by atoms with Gasteiger partial charge in [0.25, 0.3) is 5.91 Å². The number of ether oxygens (including phenoxy) is 1. The minimum absolute atomic E-state index is 0.00327. The Kier molecular flexibility index (Phi) is 8.63. The number of benzene rings is 1. The van der Waals surface area contributed by atoms with E-state index in [1.807, 2.05) is 0 Å². The van der Waals surface area contributed by atoms with Crippen LogP contribution < -0.4 is 10.6 Å². The standard InChI is InChI=1S/C25H29ClF3N3O6/c26-17-7-2-1-5-16(17)21(34)24(37)32-11-14-4-3-6-15(14)20(32)23(36)31-18(10-13-8-9-30-22(13)35)19(33)12-38-25(27,28)29/h1-2,5,7,13-15,18,20-21,34H,3-4,6,8-12H2,(H,30,35)(H,31,36)/t13-,14-,15-,18?,20-,21?/m0/s1. The molecule has 1 aromatic carbocycles. The lowest BCUT2D eigenvalue weighted by Crippen LogP contribution is -2.54. The van der Waals surface area contributed by atoms with E-state index in [1.54, 1.807) is 12.1 Å². The van der Waals surface area contributed by atoms with Crippen LogP contribution in [0, 0.1) is 17.8 Å². The Morgan fingerprint density at radius 3 is 2.61 bits per heavy atom. The molecule has 0 spiro atoms. The number of aliphatic hydroxyl groups is 1. The van der Waals surface area contributed by atoms with Crippen molar-refractivity contribution in [2.45, 2.75) is 56.7 Å². The highest BCUT2D eigenvalue weighted by Crippen LogP contribution is 2.43. The molecular formula is C25H29ClF3N3O6. The number of carbonyl (C=O) groups is 4. The van der Waals surface area contributed by atoms with Crippen molar-refractivity contribution in [1.29, 1.82) is 0 Å². The summed E-state index contributed by atoms with van der Waals surface area (Å²) < 4.78 is 41.4. The molecule has 1 saturated carbocycles. The summed E-state index contributed by atoms with van der Waals surface area (Å²) in [6.07, 6.45) is -4.28. The van der Waals surface area contributed by atoms with Gasteiger partial charge in [0.15, 0.2) is 11.9 Å². The largest absolute Gasteiger partial charge is 0.522 e. The molecule has 13 heteroatoms. The SMILES string of the molecule is O=C(COC(F)(F)F)C(C[C@@H]1CCNC1=O)NC(=O)[C@@H]1[C@H]2CCC[C@H]2CN1C(=O)C(O)c1ccccc1Cl. The first kappa shape index (κ1) is 28.3. The number of amides is 3. The molecule has 2 aliphatic heterocycles. The summed E-state index contributed by atoms with van der Waals surface area (Å²) in [5.74, 6) is -3.76. The molecule has 3 amide bonds. The van der Waals surface area contributed by atoms with Crippen LogP contribution in [0.4, 0.5) is 13.2 Å². The fourth-order valence-corrected chi connectivity index (χ4v) is 6.03. The van der Waals surface area contributed by atoms with Crippen LogP contribution in [-0.4, -0.2) is 71.7 Å². The summed E-state index contributed by atoms with van der Waals surface area (Å²) in [4.78, 5) is 53.0. The third kappa shape index (κ3) is 6.29. The van der Waals surface area contributed by atoms with E-state index in [-0.39, 0.29) is 41.3 Å². The maximum Gasteiger partial charge on any atom is 0.522 e. The summed E-state index contributed by atoms with van der Waals surface area (Å²) in [7, 11) is 0. The normalized spacial score (nSPS) is 26.6. The quantitative estimate of drug-likeness (QED) is 0.426. The van der Waals surface area contributed by atoms with E-state index in [4.69, 9.17) is 11.6 Å². The number of hydrogen-bond donors (Lipinski definition) is 3. The van der Waals surface area contributed by atoms with Crippen molar-refractivity contribution in [3.05, 3.63) is 34.9 Å². The fourth-order valence-electron chi connectivity index (χ4n) is 5.79. The number of aliphatic hydroxyl groups excluding tert-OH is 1. The van der Waals surface area contributed by atoms with Crippen molar-refractivity contribution in [2.24, 2.45) is 17.8 Å². The van der Waals surface area contributed by atoms with Gasteiger partial charge in [0.2, 0.25) is 11.8 Å². The van der Waals surface area contributed by atoms with Gasteiger partial charge in [-0.15, -0.1) is 13.2 Å². The molecule has 38 heavy (non-hydrogen) atoms. The van der Waals surface area contributed by atoms with E-state index in [2.05, 4.69) is 15.4 Å². The van der Waals surface area contributed by atoms with Crippen molar-refractivity contribution < 1.29 is 42.2 Å². The van der Waals surface area contributed by atoms with E-state index < -0.39 is 54.7 Å². The lowest BCUT2D eigenvalue weighted by Gasteiger charge is -2.31. The van der Waals surface area contributed by atoms with Crippen LogP contribution in [-0.2, 0) is 23.9 Å². The van der Waals surface area contributed by atoms with Gasteiger partial charge in [-0.1, -0.05) is 36.2 Å². The minimum atomic E-state index is -5.05. The molecule has 0 aromatic heterocycles. The van der Waals surface area contributed by atoms with Gasteiger partial charge in [0.1, 0.15) is 12.6 Å². The summed E-state index contributed by atoms with van der Waals surface area (Å²) in [5, 5.41) is 16.1. The summed E-state index contributed by atoms with van der Waals surface area (Å²) in [6, 6.07) is 3.81. The number of ketones is 1. The van der Waals surface area contributed by atoms with Crippen molar-refractivity contribution in [2.75, 3.05) is 19.7 Å². The van der Waals surface area contributed by atoms with Gasteiger partial charge in [-0.05, 0) is 43.6 Å². The Labute approximate surface area is 222 Å². The molecule has 9 nitrogen and oxygen atoms in total. The van der Waals surface area contributed by atoms with Crippen molar-refractivity contribution in [1.82, 2.24) is 15.5 Å². The molecule has 208 valence electrons. The van der Waals surface area contributed by atoms with E-state index in [1.165, 1.54) is 17.0 Å². The number of rotatable bonds is 9. The Morgan fingerprint density at radius 1 is 1.21 bits per heavy atom. The molecule has 0 radical (unpaired) electrons. The highest BCUT2D eigenvalue weighted by atomic mass is 35.5. The number of halogens is 4. The number of nitrogens with zero attached hydrogens (tertiary/aromatic N) is 1. The zero-order valence-electron chi connectivity index (χ0n) is 20.4. The smallest absolute Gasteiger partial charge is 0.378 e. The second-order valence-corrected chi connectivity index (χ2v) is 10.4. The van der Waals surface area contributed by atoms with E-state index in [0.29, 0.717) is 19.4 Å². The van der Waals surface area contributed by atoms with Gasteiger partial charge in [-0.2, -0.15) is 0 Å². The first-order chi connectivity index (χ1) is 18.0. The second-order valence-electron chi connectivity index (χ2n) is 9.99. The zero-order valence-corrected chi connectivity index (χ0v) is 21.1. The molecule has 3 N–H and O–H groups in total. The Hall–Kier alpha value is -2.70. The Balaban J connectivity index is 1.54. The Bertz CT molecular complexity index is 1090. The maximum atomic E-state index is 13.6. The molecule has 2 unspecified atom stereocenters. The maximum absolute atomic E-state index is 13.6. The highest BCUT2D eigenvalue weighted by Gasteiger charge is 2.51. The van der Waals surface area contributed by atoms with Crippen LogP contribution in [0.25, 0.3) is 0 Å². The van der Waals surface area contributed by atoms with Crippen LogP contribution in [0.3, 0.4) is 0 Å². The second kappa shape index (κ2) is 11.6. The van der Waals surface area contributed by atoms with Gasteiger partial charge >= 0.3 is 6.36 Å². The van der Waals surface area contributed by atoms with Gasteiger partial charge < -0.3 is 20.6 Å². The number of likely N-dealkylation sites (tertiary alicyclic amines) is 1. The molecule has 1 aromatic rings. The molecule has 1 aliphatic carbocycles. The summed E-state index contributed by atoms with van der Waals surface area (Å²) in [6.45, 7) is -0.761. The van der Waals surface area contributed by atoms with E-state index in [0.717, 1.165) is 12.8 Å². The number of nitrogens with one attached hydrogen (secondary N) is 2. The molecule has 4 rings (SSSR count). The average molecular weight is 560 g/mol. The van der Waals surface area contributed by atoms with Crippen LogP contribution in [0.2, 0.25) is 5.02 Å². The molecule has 6 atom stereocenters. The number of carbonyl (C=O) groups excluding carboxylic acids is 4. The monoisotopic (exact) mass is 559 g/mol. The van der Waals surface area contributed by atoms with E-state index in [9.17, 15) is 37.5 Å². The van der Waals surface area contributed by atoms with Crippen LogP contribution >= 0.6 is 11.6 Å². The van der Waals surface area contributed by atoms with Crippen molar-refractivity contribution in [3.63, 3.8) is 0 Å². The van der Waals surface area contributed by atoms with Crippen molar-refractivity contribution in [3.8, 4) is 0 Å². The fraction of sp³-hybridized carbons (Fsp3) is 0.600. The zero-order chi connectivity index (χ0) is 27.6. The van der Waals surface area contributed by atoms with Crippen LogP contribution in [0.15, 0.2) is 24.3 Å². The predicted molar refractivity (Wildman–Crippen MR) is 127 cm³/mol. The first-order valence-corrected chi connectivity index (χ1v) is 12.9. The van der Waals surface area contributed by atoms with Crippen LogP contribution in [0.1, 0.15) is 43.8 Å². The third-order valence-electron chi connectivity index (χ3n) is 7.64. The molecule has 2 heterocycles. The third-order valence-corrected chi connectivity index (χ3v) is 7.99. The topological polar surface area (TPSA) is 125 Å². The number of fused-ring (bicyclic) bond motifs is 1. The average Bonchev–Trinajstić information content (AvgIpc) is 3.57. The molecule has 2 saturated heterocycles. The van der Waals surface area contributed by atoms with Gasteiger partial charge in [0.05, 0.1) is 6.04 Å². The summed E-state index contributed by atoms with van der Waals surface area (Å²) in [5.41, 5.74) is 0.181. The number of Topliss-reactive ketones (excluding diaryl/α,β-unsaturated/α-hetero) is 1. The molecule has 3 aliphatic rings. The molecule has 0 bridgehead atoms. The lowest BCUT2D eigenvalue weighted by atomic mass is 9.92. The minimum Gasteiger partial charge on any atom is -0.378 e.